The van der Waals surface area contributed by atoms with Gasteiger partial charge in [0, 0.05) is 11.6 Å². The molecule has 0 aliphatic heterocycles. The van der Waals surface area contributed by atoms with Gasteiger partial charge in [0.1, 0.15) is 0 Å². The molecule has 0 spiro atoms. The molecule has 1 aromatic rings. The van der Waals surface area contributed by atoms with E-state index >= 15 is 0 Å². The van der Waals surface area contributed by atoms with Gasteiger partial charge >= 0.3 is 0 Å². The van der Waals surface area contributed by atoms with Crippen molar-refractivity contribution < 1.29 is 14.7 Å². The first kappa shape index (κ1) is 15.3. The average Bonchev–Trinajstić information content (AvgIpc) is 2.48. The molecule has 0 radical (unpaired) electrons. The van der Waals surface area contributed by atoms with Crippen molar-refractivity contribution in [3.63, 3.8) is 0 Å². The molecule has 2 amide bonds. The van der Waals surface area contributed by atoms with Crippen LogP contribution in [0.3, 0.4) is 0 Å². The van der Waals surface area contributed by atoms with E-state index in [2.05, 4.69) is 5.32 Å². The molecule has 4 N–H and O–H groups in total. The molecular weight excluding hydrogens is 268 g/mol. The van der Waals surface area contributed by atoms with Gasteiger partial charge in [-0.1, -0.05) is 25.0 Å². The highest BCUT2D eigenvalue weighted by atomic mass is 16.3. The third-order valence-electron chi connectivity index (χ3n) is 3.68. The van der Waals surface area contributed by atoms with Crippen LogP contribution >= 0.6 is 0 Å². The minimum absolute atomic E-state index is 0.159. The number of hydrogen-bond acceptors (Lipinski definition) is 3. The average molecular weight is 288 g/mol. The van der Waals surface area contributed by atoms with E-state index in [1.807, 2.05) is 0 Å². The van der Waals surface area contributed by atoms with Crippen LogP contribution in [0.4, 0.5) is 0 Å². The summed E-state index contributed by atoms with van der Waals surface area (Å²) < 4.78 is 0. The summed E-state index contributed by atoms with van der Waals surface area (Å²) in [5.74, 6) is -0.700. The Bertz CT molecular complexity index is 537. The van der Waals surface area contributed by atoms with Crippen LogP contribution in [-0.2, 0) is 4.79 Å². The van der Waals surface area contributed by atoms with Gasteiger partial charge in [-0.05, 0) is 36.6 Å². The Morgan fingerprint density at radius 2 is 1.86 bits per heavy atom. The first-order valence-electron chi connectivity index (χ1n) is 7.13. The van der Waals surface area contributed by atoms with E-state index < -0.39 is 12.0 Å². The number of aliphatic hydroxyl groups is 1. The Kier molecular flexibility index (Phi) is 5.11. The topological polar surface area (TPSA) is 92.4 Å². The second-order valence-electron chi connectivity index (χ2n) is 5.29. The monoisotopic (exact) mass is 288 g/mol. The maximum absolute atomic E-state index is 11.8. The van der Waals surface area contributed by atoms with Crippen molar-refractivity contribution in [2.24, 2.45) is 5.73 Å². The summed E-state index contributed by atoms with van der Waals surface area (Å²) in [6.45, 7) is 0. The molecule has 1 aromatic carbocycles. The molecule has 2 unspecified atom stereocenters. The van der Waals surface area contributed by atoms with Crippen LogP contribution in [0, 0.1) is 0 Å². The van der Waals surface area contributed by atoms with Gasteiger partial charge in [0.2, 0.25) is 11.8 Å². The van der Waals surface area contributed by atoms with Crippen molar-refractivity contribution in [3.05, 3.63) is 41.5 Å². The summed E-state index contributed by atoms with van der Waals surface area (Å²) in [5, 5.41) is 12.6. The summed E-state index contributed by atoms with van der Waals surface area (Å²) in [6.07, 6.45) is 6.23. The fourth-order valence-corrected chi connectivity index (χ4v) is 2.44. The molecule has 1 aliphatic carbocycles. The predicted octanol–water partition coefficient (Wildman–Crippen LogP) is 1.22. The second-order valence-corrected chi connectivity index (χ2v) is 5.29. The molecule has 0 aromatic heterocycles. The lowest BCUT2D eigenvalue weighted by Crippen LogP contribution is -2.44. The SMILES string of the molecule is NC(=O)c1ccc(/C=C/C(=O)NC2CCCCC2O)cc1. The van der Waals surface area contributed by atoms with Crippen molar-refractivity contribution in [1.29, 1.82) is 0 Å². The smallest absolute Gasteiger partial charge is 0.248 e. The normalized spacial score (nSPS) is 22.1. The highest BCUT2D eigenvalue weighted by molar-refractivity contribution is 5.94. The number of carbonyl (C=O) groups excluding carboxylic acids is 2. The van der Waals surface area contributed by atoms with E-state index in [4.69, 9.17) is 5.73 Å². The van der Waals surface area contributed by atoms with Crippen LogP contribution in [0.1, 0.15) is 41.6 Å². The first-order chi connectivity index (χ1) is 10.1. The van der Waals surface area contributed by atoms with Crippen LogP contribution < -0.4 is 11.1 Å². The molecule has 1 aliphatic rings. The molecule has 112 valence electrons. The number of rotatable bonds is 4. The largest absolute Gasteiger partial charge is 0.391 e. The van der Waals surface area contributed by atoms with Gasteiger partial charge in [-0.2, -0.15) is 0 Å². The zero-order valence-electron chi connectivity index (χ0n) is 11.8. The van der Waals surface area contributed by atoms with E-state index in [9.17, 15) is 14.7 Å². The van der Waals surface area contributed by atoms with Crippen LogP contribution in [0.5, 0.6) is 0 Å². The minimum atomic E-state index is -0.477. The molecule has 2 rings (SSSR count). The number of hydrogen-bond donors (Lipinski definition) is 3. The van der Waals surface area contributed by atoms with Gasteiger partial charge in [-0.15, -0.1) is 0 Å². The third-order valence-corrected chi connectivity index (χ3v) is 3.68. The lowest BCUT2D eigenvalue weighted by Gasteiger charge is -2.27. The minimum Gasteiger partial charge on any atom is -0.391 e. The Balaban J connectivity index is 1.90. The summed E-state index contributed by atoms with van der Waals surface area (Å²) in [6, 6.07) is 6.52. The standard InChI is InChI=1S/C16H20N2O3/c17-16(21)12-8-5-11(6-9-12)7-10-15(20)18-13-3-1-2-4-14(13)19/h5-10,13-14,19H,1-4H2,(H2,17,21)(H,18,20)/b10-7+. The van der Waals surface area contributed by atoms with Crippen molar-refractivity contribution in [1.82, 2.24) is 5.32 Å². The van der Waals surface area contributed by atoms with E-state index in [-0.39, 0.29) is 11.9 Å². The number of nitrogens with one attached hydrogen (secondary N) is 1. The molecule has 1 saturated carbocycles. The molecule has 5 heteroatoms. The van der Waals surface area contributed by atoms with Crippen molar-refractivity contribution in [3.8, 4) is 0 Å². The fourth-order valence-electron chi connectivity index (χ4n) is 2.44. The highest BCUT2D eigenvalue weighted by Crippen LogP contribution is 2.18. The van der Waals surface area contributed by atoms with Gasteiger partial charge in [0.25, 0.3) is 0 Å². The summed E-state index contributed by atoms with van der Waals surface area (Å²) in [7, 11) is 0. The highest BCUT2D eigenvalue weighted by Gasteiger charge is 2.23. The summed E-state index contributed by atoms with van der Waals surface area (Å²) in [5.41, 5.74) is 6.40. The molecule has 0 heterocycles. The zero-order valence-corrected chi connectivity index (χ0v) is 11.8. The Labute approximate surface area is 123 Å². The van der Waals surface area contributed by atoms with Crippen molar-refractivity contribution >= 4 is 17.9 Å². The van der Waals surface area contributed by atoms with Gasteiger partial charge < -0.3 is 16.2 Å². The van der Waals surface area contributed by atoms with E-state index in [0.717, 1.165) is 31.2 Å². The lowest BCUT2D eigenvalue weighted by atomic mass is 9.92. The van der Waals surface area contributed by atoms with E-state index in [0.29, 0.717) is 5.56 Å². The fraction of sp³-hybridized carbons (Fsp3) is 0.375. The van der Waals surface area contributed by atoms with Crippen LogP contribution in [0.2, 0.25) is 0 Å². The summed E-state index contributed by atoms with van der Waals surface area (Å²) in [4.78, 5) is 22.8. The molecule has 21 heavy (non-hydrogen) atoms. The predicted molar refractivity (Wildman–Crippen MR) is 80.4 cm³/mol. The Morgan fingerprint density at radius 3 is 2.48 bits per heavy atom. The number of benzene rings is 1. The van der Waals surface area contributed by atoms with Gasteiger partial charge in [0.15, 0.2) is 0 Å². The second kappa shape index (κ2) is 7.04. The third kappa shape index (κ3) is 4.43. The molecule has 1 fully saturated rings. The van der Waals surface area contributed by atoms with Crippen LogP contribution in [0.25, 0.3) is 6.08 Å². The molecular formula is C16H20N2O3. The van der Waals surface area contributed by atoms with Gasteiger partial charge in [-0.3, -0.25) is 9.59 Å². The molecule has 0 bridgehead atoms. The molecule has 0 saturated heterocycles. The number of nitrogens with two attached hydrogens (primary N) is 1. The lowest BCUT2D eigenvalue weighted by molar-refractivity contribution is -0.118. The van der Waals surface area contributed by atoms with Gasteiger partial charge in [-0.25, -0.2) is 0 Å². The summed E-state index contributed by atoms with van der Waals surface area (Å²) >= 11 is 0. The van der Waals surface area contributed by atoms with Gasteiger partial charge in [0.05, 0.1) is 12.1 Å². The number of amides is 2. The maximum Gasteiger partial charge on any atom is 0.248 e. The van der Waals surface area contributed by atoms with E-state index in [1.54, 1.807) is 30.3 Å². The maximum atomic E-state index is 11.8. The van der Waals surface area contributed by atoms with Crippen molar-refractivity contribution in [2.75, 3.05) is 0 Å². The van der Waals surface area contributed by atoms with E-state index in [1.165, 1.54) is 6.08 Å². The quantitative estimate of drug-likeness (QED) is 0.727. The number of carbonyl (C=O) groups is 2. The van der Waals surface area contributed by atoms with Crippen molar-refractivity contribution in [2.45, 2.75) is 37.8 Å². The van der Waals surface area contributed by atoms with Crippen LogP contribution in [0.15, 0.2) is 30.3 Å². The number of aliphatic hydroxyl groups excluding tert-OH is 1. The molecule has 2 atom stereocenters. The Morgan fingerprint density at radius 1 is 1.19 bits per heavy atom. The van der Waals surface area contributed by atoms with Crippen LogP contribution in [-0.4, -0.2) is 29.1 Å². The molecule has 5 nitrogen and oxygen atoms in total. The zero-order chi connectivity index (χ0) is 15.2. The Hall–Kier alpha value is -2.14. The number of primary amides is 1. The first-order valence-corrected chi connectivity index (χ1v) is 7.13.